The van der Waals surface area contributed by atoms with Crippen LogP contribution in [0.5, 0.6) is 0 Å². The van der Waals surface area contributed by atoms with E-state index in [9.17, 15) is 19.2 Å². The number of benzene rings is 1. The summed E-state index contributed by atoms with van der Waals surface area (Å²) in [6.07, 6.45) is 1.99. The Bertz CT molecular complexity index is 590. The van der Waals surface area contributed by atoms with Crippen molar-refractivity contribution in [3.8, 4) is 0 Å². The maximum Gasteiger partial charge on any atom is 0.255 e. The molecule has 0 saturated heterocycles. The third-order valence-corrected chi connectivity index (χ3v) is 3.57. The van der Waals surface area contributed by atoms with E-state index in [4.69, 9.17) is 5.73 Å². The van der Waals surface area contributed by atoms with Crippen LogP contribution < -0.4 is 16.4 Å². The second kappa shape index (κ2) is 13.7. The second-order valence-corrected chi connectivity index (χ2v) is 5.44. The van der Waals surface area contributed by atoms with Crippen molar-refractivity contribution in [2.75, 3.05) is 27.2 Å². The molecule has 1 aromatic rings. The molecule has 0 aromatic heterocycles. The fourth-order valence-electron chi connectivity index (χ4n) is 2.20. The summed E-state index contributed by atoms with van der Waals surface area (Å²) in [5.74, 6) is -0.969. The quantitative estimate of drug-likeness (QED) is 0.537. The van der Waals surface area contributed by atoms with Crippen LogP contribution in [0.15, 0.2) is 24.3 Å². The number of rotatable bonds is 9. The van der Waals surface area contributed by atoms with Gasteiger partial charge >= 0.3 is 0 Å². The molecule has 26 heavy (non-hydrogen) atoms. The first-order chi connectivity index (χ1) is 12.5. The first-order valence-electron chi connectivity index (χ1n) is 8.38. The molecule has 3 amide bonds. The molecule has 8 heteroatoms. The van der Waals surface area contributed by atoms with Gasteiger partial charge in [0, 0.05) is 25.7 Å². The Morgan fingerprint density at radius 1 is 1.27 bits per heavy atom. The molecular formula is C18H28N4O4. The van der Waals surface area contributed by atoms with E-state index >= 15 is 0 Å². The molecule has 0 radical (unpaired) electrons. The number of likely N-dealkylation sites (N-methyl/N-ethyl adjacent to an activating group) is 2. The predicted molar refractivity (Wildman–Crippen MR) is 99.8 cm³/mol. The van der Waals surface area contributed by atoms with Gasteiger partial charge in [-0.1, -0.05) is 31.5 Å². The molecule has 0 aliphatic rings. The lowest BCUT2D eigenvalue weighted by molar-refractivity contribution is -0.128. The summed E-state index contributed by atoms with van der Waals surface area (Å²) in [6.45, 7) is 3.52. The Morgan fingerprint density at radius 2 is 1.92 bits per heavy atom. The van der Waals surface area contributed by atoms with E-state index in [1.165, 1.54) is 24.1 Å². The molecular weight excluding hydrogens is 336 g/mol. The molecule has 0 aliphatic heterocycles. The van der Waals surface area contributed by atoms with Gasteiger partial charge in [0.1, 0.15) is 6.04 Å². The van der Waals surface area contributed by atoms with Crippen LogP contribution in [0.3, 0.4) is 0 Å². The molecule has 0 heterocycles. The smallest absolute Gasteiger partial charge is 0.255 e. The Hall–Kier alpha value is -2.58. The number of nitrogens with one attached hydrogen (secondary N) is 2. The van der Waals surface area contributed by atoms with Gasteiger partial charge in [-0.3, -0.25) is 24.5 Å². The molecule has 1 unspecified atom stereocenters. The van der Waals surface area contributed by atoms with Crippen molar-refractivity contribution in [3.05, 3.63) is 35.4 Å². The van der Waals surface area contributed by atoms with E-state index in [2.05, 4.69) is 10.6 Å². The number of nitrogens with two attached hydrogens (primary N) is 1. The lowest BCUT2D eigenvalue weighted by Gasteiger charge is -2.26. The number of hydrogen-bond acceptors (Lipinski definition) is 6. The first-order valence-corrected chi connectivity index (χ1v) is 8.38. The number of hydrogen-bond donors (Lipinski definition) is 3. The Labute approximate surface area is 154 Å². The zero-order chi connectivity index (χ0) is 19.9. The van der Waals surface area contributed by atoms with Crippen molar-refractivity contribution in [1.82, 2.24) is 15.5 Å². The zero-order valence-corrected chi connectivity index (χ0v) is 15.5. The van der Waals surface area contributed by atoms with Crippen LogP contribution in [0, 0.1) is 0 Å². The molecule has 144 valence electrons. The van der Waals surface area contributed by atoms with Crippen molar-refractivity contribution >= 4 is 24.5 Å². The SMILES string of the molecule is CCCC(C(=O)NC=O)N(C)C(=O)c1ccccc1C=O.CNCCN. The van der Waals surface area contributed by atoms with Gasteiger partial charge < -0.3 is 16.0 Å². The Morgan fingerprint density at radius 3 is 2.38 bits per heavy atom. The molecule has 1 rings (SSSR count). The fraction of sp³-hybridized carbons (Fsp3) is 0.444. The van der Waals surface area contributed by atoms with E-state index < -0.39 is 17.9 Å². The van der Waals surface area contributed by atoms with Gasteiger partial charge in [-0.15, -0.1) is 0 Å². The number of amides is 3. The normalized spacial score (nSPS) is 10.8. The second-order valence-electron chi connectivity index (χ2n) is 5.44. The van der Waals surface area contributed by atoms with Crippen molar-refractivity contribution in [3.63, 3.8) is 0 Å². The maximum absolute atomic E-state index is 12.4. The Balaban J connectivity index is 0.00000110. The lowest BCUT2D eigenvalue weighted by Crippen LogP contribution is -2.47. The van der Waals surface area contributed by atoms with E-state index in [0.717, 1.165) is 13.1 Å². The van der Waals surface area contributed by atoms with Crippen LogP contribution >= 0.6 is 0 Å². The van der Waals surface area contributed by atoms with Gasteiger partial charge in [0.25, 0.3) is 5.91 Å². The first kappa shape index (κ1) is 23.4. The molecule has 0 saturated carbocycles. The van der Waals surface area contributed by atoms with E-state index in [1.807, 2.05) is 14.0 Å². The van der Waals surface area contributed by atoms with Crippen LogP contribution in [0.25, 0.3) is 0 Å². The highest BCUT2D eigenvalue weighted by Crippen LogP contribution is 2.13. The number of carbonyl (C=O) groups excluding carboxylic acids is 4. The van der Waals surface area contributed by atoms with Gasteiger partial charge in [0.05, 0.1) is 5.56 Å². The third kappa shape index (κ3) is 7.54. The molecule has 0 bridgehead atoms. The van der Waals surface area contributed by atoms with E-state index in [-0.39, 0.29) is 11.1 Å². The molecule has 8 nitrogen and oxygen atoms in total. The van der Waals surface area contributed by atoms with Crippen LogP contribution in [-0.4, -0.2) is 62.6 Å². The summed E-state index contributed by atoms with van der Waals surface area (Å²) in [7, 11) is 3.36. The summed E-state index contributed by atoms with van der Waals surface area (Å²) < 4.78 is 0. The highest BCUT2D eigenvalue weighted by Gasteiger charge is 2.27. The van der Waals surface area contributed by atoms with Gasteiger partial charge in [0.15, 0.2) is 6.29 Å². The van der Waals surface area contributed by atoms with Gasteiger partial charge in [-0.2, -0.15) is 0 Å². The molecule has 1 aromatic carbocycles. The number of nitrogens with zero attached hydrogens (tertiary/aromatic N) is 1. The van der Waals surface area contributed by atoms with Crippen LogP contribution in [-0.2, 0) is 9.59 Å². The van der Waals surface area contributed by atoms with Crippen LogP contribution in [0.4, 0.5) is 0 Å². The average Bonchev–Trinajstić information content (AvgIpc) is 2.66. The minimum absolute atomic E-state index is 0.231. The Kier molecular flexibility index (Phi) is 12.3. The third-order valence-electron chi connectivity index (χ3n) is 3.57. The van der Waals surface area contributed by atoms with Gasteiger partial charge in [-0.25, -0.2) is 0 Å². The zero-order valence-electron chi connectivity index (χ0n) is 15.5. The summed E-state index contributed by atoms with van der Waals surface area (Å²) in [5.41, 5.74) is 5.57. The number of aldehydes is 1. The van der Waals surface area contributed by atoms with Crippen molar-refractivity contribution in [2.24, 2.45) is 5.73 Å². The predicted octanol–water partition coefficient (Wildman–Crippen LogP) is 0.177. The average molecular weight is 364 g/mol. The molecule has 4 N–H and O–H groups in total. The molecule has 0 spiro atoms. The van der Waals surface area contributed by atoms with E-state index in [0.29, 0.717) is 25.5 Å². The summed E-state index contributed by atoms with van der Waals surface area (Å²) in [5, 5.41) is 4.96. The van der Waals surface area contributed by atoms with Crippen molar-refractivity contribution in [1.29, 1.82) is 0 Å². The standard InChI is InChI=1S/C15H18N2O4.C3H10N2/c1-3-6-13(14(20)16-10-19)17(2)15(21)12-8-5-4-7-11(12)9-18;1-5-3-2-4/h4-5,7-10,13H,3,6H2,1-2H3,(H,16,19,20);5H,2-4H2,1H3. The number of carbonyl (C=O) groups is 4. The fourth-order valence-corrected chi connectivity index (χ4v) is 2.20. The maximum atomic E-state index is 12.4. The minimum Gasteiger partial charge on any atom is -0.330 e. The number of imide groups is 1. The lowest BCUT2D eigenvalue weighted by atomic mass is 10.0. The minimum atomic E-state index is -0.757. The van der Waals surface area contributed by atoms with Gasteiger partial charge in [0.2, 0.25) is 12.3 Å². The van der Waals surface area contributed by atoms with Gasteiger partial charge in [-0.05, 0) is 19.5 Å². The highest BCUT2D eigenvalue weighted by atomic mass is 16.2. The summed E-state index contributed by atoms with van der Waals surface area (Å²) in [6, 6.07) is 5.61. The van der Waals surface area contributed by atoms with Crippen LogP contribution in [0.2, 0.25) is 0 Å². The monoisotopic (exact) mass is 364 g/mol. The largest absolute Gasteiger partial charge is 0.330 e. The van der Waals surface area contributed by atoms with Crippen molar-refractivity contribution < 1.29 is 19.2 Å². The summed E-state index contributed by atoms with van der Waals surface area (Å²) in [4.78, 5) is 47.0. The molecule has 0 fully saturated rings. The topological polar surface area (TPSA) is 122 Å². The molecule has 1 atom stereocenters. The van der Waals surface area contributed by atoms with Crippen LogP contribution in [0.1, 0.15) is 40.5 Å². The summed E-state index contributed by atoms with van der Waals surface area (Å²) >= 11 is 0. The molecule has 0 aliphatic carbocycles. The highest BCUT2D eigenvalue weighted by molar-refractivity contribution is 6.03. The van der Waals surface area contributed by atoms with E-state index in [1.54, 1.807) is 12.1 Å². The van der Waals surface area contributed by atoms with Crippen molar-refractivity contribution in [2.45, 2.75) is 25.8 Å².